The Morgan fingerprint density at radius 1 is 1.28 bits per heavy atom. The molecule has 0 aliphatic carbocycles. The van der Waals surface area contributed by atoms with Crippen molar-refractivity contribution in [2.75, 3.05) is 23.7 Å². The summed E-state index contributed by atoms with van der Waals surface area (Å²) in [5, 5.41) is 2.79. The molecular weight excluding hydrogens is 242 g/mol. The first-order valence-electron chi connectivity index (χ1n) is 6.34. The molecule has 1 fully saturated rings. The molecule has 1 aromatic carbocycles. The Kier molecular flexibility index (Phi) is 3.19. The van der Waals surface area contributed by atoms with Crippen LogP contribution in [-0.2, 0) is 0 Å². The van der Waals surface area contributed by atoms with Gasteiger partial charge in [0.1, 0.15) is 0 Å². The average molecular weight is 259 g/mol. The summed E-state index contributed by atoms with van der Waals surface area (Å²) in [6.45, 7) is 2.19. The maximum Gasteiger partial charge on any atom is 0.180 e. The predicted octanol–water partition coefficient (Wildman–Crippen LogP) is 3.11. The summed E-state index contributed by atoms with van der Waals surface area (Å²) in [4.78, 5) is 6.88. The second-order valence-corrected chi connectivity index (χ2v) is 5.62. The van der Waals surface area contributed by atoms with Crippen LogP contribution in [0.5, 0.6) is 0 Å². The van der Waals surface area contributed by atoms with E-state index in [9.17, 15) is 0 Å². The number of benzene rings is 1. The molecule has 1 aliphatic rings. The van der Waals surface area contributed by atoms with Gasteiger partial charge in [0.25, 0.3) is 0 Å². The third-order valence-electron chi connectivity index (χ3n) is 3.50. The third-order valence-corrected chi connectivity index (χ3v) is 4.19. The molecule has 0 saturated carbocycles. The van der Waals surface area contributed by atoms with Crippen molar-refractivity contribution in [1.82, 2.24) is 4.98 Å². The first-order valence-corrected chi connectivity index (χ1v) is 7.22. The van der Waals surface area contributed by atoms with Crippen LogP contribution >= 0.6 is 11.3 Å². The lowest BCUT2D eigenvalue weighted by molar-refractivity contribution is 0.503. The predicted molar refractivity (Wildman–Crippen MR) is 77.2 cm³/mol. The molecule has 0 spiro atoms. The fourth-order valence-corrected chi connectivity index (χ4v) is 3.22. The number of hydrogen-bond donors (Lipinski definition) is 1. The Balaban J connectivity index is 1.76. The molecule has 0 amide bonds. The Labute approximate surface area is 111 Å². The molecule has 4 heteroatoms. The number of anilines is 2. The van der Waals surface area contributed by atoms with Gasteiger partial charge in [0.2, 0.25) is 0 Å². The summed E-state index contributed by atoms with van der Waals surface area (Å²) in [7, 11) is 0. The molecule has 1 aromatic heterocycles. The summed E-state index contributed by atoms with van der Waals surface area (Å²) in [5.41, 5.74) is 8.20. The maximum absolute atomic E-state index is 5.72. The molecule has 18 heavy (non-hydrogen) atoms. The van der Waals surface area contributed by atoms with E-state index in [4.69, 9.17) is 5.73 Å². The van der Waals surface area contributed by atoms with Crippen molar-refractivity contribution in [3.63, 3.8) is 0 Å². The molecule has 0 radical (unpaired) electrons. The van der Waals surface area contributed by atoms with Gasteiger partial charge in [-0.2, -0.15) is 0 Å². The molecular formula is C14H17N3S. The number of rotatable bonds is 2. The summed E-state index contributed by atoms with van der Waals surface area (Å²) < 4.78 is 0. The van der Waals surface area contributed by atoms with E-state index in [1.165, 1.54) is 18.5 Å². The van der Waals surface area contributed by atoms with Crippen molar-refractivity contribution in [1.29, 1.82) is 0 Å². The van der Waals surface area contributed by atoms with Crippen LogP contribution in [0.1, 0.15) is 24.5 Å². The average Bonchev–Trinajstić information content (AvgIpc) is 2.87. The Morgan fingerprint density at radius 2 is 2.11 bits per heavy atom. The molecule has 2 N–H and O–H groups in total. The van der Waals surface area contributed by atoms with Gasteiger partial charge in [0, 0.05) is 30.1 Å². The van der Waals surface area contributed by atoms with Crippen LogP contribution in [0.15, 0.2) is 35.7 Å². The first kappa shape index (κ1) is 11.5. The van der Waals surface area contributed by atoms with Crippen LogP contribution in [0.4, 0.5) is 10.8 Å². The maximum atomic E-state index is 5.72. The van der Waals surface area contributed by atoms with Gasteiger partial charge in [-0.05, 0) is 25.0 Å². The lowest BCUT2D eigenvalue weighted by Gasteiger charge is -2.33. The number of nitrogens with zero attached hydrogens (tertiary/aromatic N) is 2. The van der Waals surface area contributed by atoms with Gasteiger partial charge in [-0.3, -0.25) is 0 Å². The van der Waals surface area contributed by atoms with Gasteiger partial charge in [0.15, 0.2) is 5.13 Å². The molecule has 1 unspecified atom stereocenters. The minimum absolute atomic E-state index is 0.521. The van der Waals surface area contributed by atoms with E-state index in [0.717, 1.165) is 18.8 Å². The third kappa shape index (κ3) is 2.34. The van der Waals surface area contributed by atoms with E-state index in [0.29, 0.717) is 11.0 Å². The Bertz CT molecular complexity index is 509. The van der Waals surface area contributed by atoms with Gasteiger partial charge < -0.3 is 10.6 Å². The monoisotopic (exact) mass is 259 g/mol. The van der Waals surface area contributed by atoms with Gasteiger partial charge in [0.05, 0.1) is 5.69 Å². The quantitative estimate of drug-likeness (QED) is 0.901. The molecule has 0 bridgehead atoms. The molecule has 3 nitrogen and oxygen atoms in total. The summed E-state index contributed by atoms with van der Waals surface area (Å²) >= 11 is 1.54. The van der Waals surface area contributed by atoms with Crippen LogP contribution in [-0.4, -0.2) is 18.1 Å². The van der Waals surface area contributed by atoms with Crippen LogP contribution in [0.2, 0.25) is 0 Å². The summed E-state index contributed by atoms with van der Waals surface area (Å²) in [6, 6.07) is 10.6. The number of para-hydroxylation sites is 1. The van der Waals surface area contributed by atoms with Crippen molar-refractivity contribution >= 4 is 22.2 Å². The molecule has 94 valence electrons. The topological polar surface area (TPSA) is 42.1 Å². The number of nitrogens with two attached hydrogens (primary N) is 1. The number of thiazole rings is 1. The van der Waals surface area contributed by atoms with Crippen molar-refractivity contribution < 1.29 is 0 Å². The van der Waals surface area contributed by atoms with Crippen LogP contribution in [0.25, 0.3) is 0 Å². The van der Waals surface area contributed by atoms with E-state index in [-0.39, 0.29) is 0 Å². The van der Waals surface area contributed by atoms with E-state index in [1.54, 1.807) is 11.3 Å². The number of nitrogen functional groups attached to an aromatic ring is 1. The smallest absolute Gasteiger partial charge is 0.180 e. The van der Waals surface area contributed by atoms with Crippen molar-refractivity contribution in [3.05, 3.63) is 41.4 Å². The van der Waals surface area contributed by atoms with Crippen LogP contribution < -0.4 is 10.6 Å². The van der Waals surface area contributed by atoms with E-state index >= 15 is 0 Å². The van der Waals surface area contributed by atoms with E-state index < -0.39 is 0 Å². The van der Waals surface area contributed by atoms with Gasteiger partial charge in [-0.15, -0.1) is 11.3 Å². The molecule has 1 saturated heterocycles. The normalized spacial score (nSPS) is 20.0. The second-order valence-electron chi connectivity index (χ2n) is 4.73. The fourth-order valence-electron chi connectivity index (χ4n) is 2.58. The zero-order chi connectivity index (χ0) is 12.4. The Morgan fingerprint density at radius 3 is 2.83 bits per heavy atom. The van der Waals surface area contributed by atoms with E-state index in [1.807, 2.05) is 0 Å². The highest BCUT2D eigenvalue weighted by molar-refractivity contribution is 7.13. The highest BCUT2D eigenvalue weighted by Crippen LogP contribution is 2.30. The van der Waals surface area contributed by atoms with Gasteiger partial charge in [-0.25, -0.2) is 4.98 Å². The fraction of sp³-hybridized carbons (Fsp3) is 0.357. The first-order chi connectivity index (χ1) is 8.83. The summed E-state index contributed by atoms with van der Waals surface area (Å²) in [5.74, 6) is 0.521. The van der Waals surface area contributed by atoms with E-state index in [2.05, 4.69) is 45.6 Å². The molecule has 2 aromatic rings. The summed E-state index contributed by atoms with van der Waals surface area (Å²) in [6.07, 6.45) is 2.43. The van der Waals surface area contributed by atoms with Gasteiger partial charge >= 0.3 is 0 Å². The second kappa shape index (κ2) is 4.98. The van der Waals surface area contributed by atoms with Crippen LogP contribution in [0, 0.1) is 0 Å². The number of aromatic nitrogens is 1. The minimum Gasteiger partial charge on any atom is -0.375 e. The number of piperidine rings is 1. The lowest BCUT2D eigenvalue weighted by Crippen LogP contribution is -2.34. The van der Waals surface area contributed by atoms with Gasteiger partial charge in [-0.1, -0.05) is 18.2 Å². The zero-order valence-corrected chi connectivity index (χ0v) is 11.1. The lowest BCUT2D eigenvalue weighted by atomic mass is 9.95. The highest BCUT2D eigenvalue weighted by atomic mass is 32.1. The molecule has 2 heterocycles. The molecule has 1 atom stereocenters. The van der Waals surface area contributed by atoms with Crippen molar-refractivity contribution in [2.45, 2.75) is 18.8 Å². The SMILES string of the molecule is Nc1nc(C2CCCN(c3ccccc3)C2)cs1. The molecule has 1 aliphatic heterocycles. The Hall–Kier alpha value is -1.55. The van der Waals surface area contributed by atoms with Crippen molar-refractivity contribution in [2.24, 2.45) is 0 Å². The molecule has 3 rings (SSSR count). The minimum atomic E-state index is 0.521. The highest BCUT2D eigenvalue weighted by Gasteiger charge is 2.23. The van der Waals surface area contributed by atoms with Crippen molar-refractivity contribution in [3.8, 4) is 0 Å². The standard InChI is InChI=1S/C14H17N3S/c15-14-16-13(10-18-14)11-5-4-8-17(9-11)12-6-2-1-3-7-12/h1-3,6-7,10-11H,4-5,8-9H2,(H2,15,16). The largest absolute Gasteiger partial charge is 0.375 e. The van der Waals surface area contributed by atoms with Crippen LogP contribution in [0.3, 0.4) is 0 Å². The zero-order valence-electron chi connectivity index (χ0n) is 10.2. The number of hydrogen-bond acceptors (Lipinski definition) is 4.